The highest BCUT2D eigenvalue weighted by molar-refractivity contribution is 5.85. The molecule has 2 heterocycles. The molecule has 3 rings (SSSR count). The second-order valence-corrected chi connectivity index (χ2v) is 7.48. The average Bonchev–Trinajstić information content (AvgIpc) is 2.83. The van der Waals surface area contributed by atoms with E-state index in [9.17, 15) is 19.7 Å². The number of carboxylic acid groups (broad SMARTS) is 2. The van der Waals surface area contributed by atoms with Crippen LogP contribution in [-0.2, 0) is 19.5 Å². The number of nitrogens with zero attached hydrogens (tertiary/aromatic N) is 3. The van der Waals surface area contributed by atoms with Crippen molar-refractivity contribution < 1.29 is 24.7 Å². The highest BCUT2D eigenvalue weighted by atomic mass is 16.6. The normalized spacial score (nSPS) is 11.6. The van der Waals surface area contributed by atoms with Gasteiger partial charge < -0.3 is 20.8 Å². The van der Waals surface area contributed by atoms with Gasteiger partial charge in [-0.1, -0.05) is 24.3 Å². The first-order valence-electron chi connectivity index (χ1n) is 10.4. The van der Waals surface area contributed by atoms with Gasteiger partial charge in [0.25, 0.3) is 5.69 Å². The van der Waals surface area contributed by atoms with E-state index in [4.69, 9.17) is 10.2 Å². The number of hydrogen-bond acceptors (Lipinski definition) is 8. The fourth-order valence-electron chi connectivity index (χ4n) is 3.27. The van der Waals surface area contributed by atoms with Crippen LogP contribution < -0.4 is 10.6 Å². The lowest BCUT2D eigenvalue weighted by Gasteiger charge is -2.20. The minimum absolute atomic E-state index is 0.00505. The highest BCUT2D eigenvalue weighted by Gasteiger charge is 2.13. The van der Waals surface area contributed by atoms with E-state index >= 15 is 0 Å². The Morgan fingerprint density at radius 1 is 0.882 bits per heavy atom. The van der Waals surface area contributed by atoms with Crippen molar-refractivity contribution in [1.82, 2.24) is 20.6 Å². The second kappa shape index (κ2) is 11.6. The molecule has 0 aliphatic heterocycles. The summed E-state index contributed by atoms with van der Waals surface area (Å²) in [5, 5.41) is 35.7. The molecule has 1 atom stereocenters. The van der Waals surface area contributed by atoms with Crippen molar-refractivity contribution in [1.29, 1.82) is 0 Å². The van der Waals surface area contributed by atoms with Crippen LogP contribution in [0.25, 0.3) is 0 Å². The summed E-state index contributed by atoms with van der Waals surface area (Å²) < 4.78 is 0. The number of pyridine rings is 2. The maximum absolute atomic E-state index is 11.2. The summed E-state index contributed by atoms with van der Waals surface area (Å²) in [4.78, 5) is 40.9. The number of aromatic nitrogens is 2. The van der Waals surface area contributed by atoms with Crippen LogP contribution in [0.2, 0.25) is 0 Å². The van der Waals surface area contributed by atoms with Gasteiger partial charge in [0.2, 0.25) is 0 Å². The third-order valence-corrected chi connectivity index (χ3v) is 4.95. The maximum Gasteiger partial charge on any atom is 0.354 e. The molecule has 0 saturated heterocycles. The van der Waals surface area contributed by atoms with E-state index in [-0.39, 0.29) is 23.1 Å². The molecule has 0 radical (unpaired) electrons. The van der Waals surface area contributed by atoms with Gasteiger partial charge in [-0.05, 0) is 36.2 Å². The van der Waals surface area contributed by atoms with Gasteiger partial charge in [-0.25, -0.2) is 19.6 Å². The van der Waals surface area contributed by atoms with E-state index < -0.39 is 16.9 Å². The van der Waals surface area contributed by atoms with Gasteiger partial charge in [0.15, 0.2) is 0 Å². The molecule has 11 nitrogen and oxygen atoms in total. The van der Waals surface area contributed by atoms with Crippen LogP contribution in [0.3, 0.4) is 0 Å². The predicted molar refractivity (Wildman–Crippen MR) is 122 cm³/mol. The van der Waals surface area contributed by atoms with Crippen molar-refractivity contribution in [2.75, 3.05) is 6.54 Å². The summed E-state index contributed by atoms with van der Waals surface area (Å²) in [5.41, 5.74) is 1.93. The predicted octanol–water partition coefficient (Wildman–Crippen LogP) is 2.27. The SMILES string of the molecule is O=C(O)c1cccc(CNCC(Cc2ccc([N+](=O)[O-])cc2)NCc2cccc(C(=O)O)n2)n1. The molecule has 34 heavy (non-hydrogen) atoms. The first-order chi connectivity index (χ1) is 16.3. The number of nitro benzene ring substituents is 1. The van der Waals surface area contributed by atoms with Crippen LogP contribution in [0.5, 0.6) is 0 Å². The third kappa shape index (κ3) is 7.15. The van der Waals surface area contributed by atoms with Crippen molar-refractivity contribution >= 4 is 17.6 Å². The third-order valence-electron chi connectivity index (χ3n) is 4.95. The van der Waals surface area contributed by atoms with Gasteiger partial charge in [-0.3, -0.25) is 10.1 Å². The molecule has 1 unspecified atom stereocenters. The van der Waals surface area contributed by atoms with E-state index in [1.807, 2.05) is 0 Å². The Balaban J connectivity index is 1.67. The van der Waals surface area contributed by atoms with E-state index in [0.29, 0.717) is 37.4 Å². The molecule has 0 aliphatic rings. The van der Waals surface area contributed by atoms with E-state index in [0.717, 1.165) is 5.56 Å². The maximum atomic E-state index is 11.2. The zero-order chi connectivity index (χ0) is 24.5. The Bertz CT molecular complexity index is 1170. The number of nitrogens with one attached hydrogen (secondary N) is 2. The van der Waals surface area contributed by atoms with Crippen LogP contribution in [0, 0.1) is 10.1 Å². The number of hydrogen-bond donors (Lipinski definition) is 4. The van der Waals surface area contributed by atoms with Gasteiger partial charge >= 0.3 is 11.9 Å². The van der Waals surface area contributed by atoms with E-state index in [1.54, 1.807) is 36.4 Å². The topological polar surface area (TPSA) is 168 Å². The fraction of sp³-hybridized carbons (Fsp3) is 0.217. The van der Waals surface area contributed by atoms with Crippen molar-refractivity contribution in [3.05, 3.63) is 99.1 Å². The van der Waals surface area contributed by atoms with Gasteiger partial charge in [-0.15, -0.1) is 0 Å². The lowest BCUT2D eigenvalue weighted by Crippen LogP contribution is -2.40. The van der Waals surface area contributed by atoms with Crippen LogP contribution >= 0.6 is 0 Å². The zero-order valence-corrected chi connectivity index (χ0v) is 18.0. The molecular weight excluding hydrogens is 442 g/mol. The average molecular weight is 465 g/mol. The molecule has 4 N–H and O–H groups in total. The molecule has 11 heteroatoms. The molecule has 0 bridgehead atoms. The monoisotopic (exact) mass is 465 g/mol. The van der Waals surface area contributed by atoms with E-state index in [2.05, 4.69) is 20.6 Å². The molecule has 0 spiro atoms. The summed E-state index contributed by atoms with van der Waals surface area (Å²) in [6.07, 6.45) is 0.534. The molecule has 176 valence electrons. The Hall–Kier alpha value is -4.22. The van der Waals surface area contributed by atoms with Crippen molar-refractivity contribution in [3.63, 3.8) is 0 Å². The fourth-order valence-corrected chi connectivity index (χ4v) is 3.27. The number of non-ortho nitro benzene ring substituents is 1. The van der Waals surface area contributed by atoms with Gasteiger partial charge in [0, 0.05) is 37.8 Å². The van der Waals surface area contributed by atoms with Crippen LogP contribution in [0.15, 0.2) is 60.7 Å². The second-order valence-electron chi connectivity index (χ2n) is 7.48. The lowest BCUT2D eigenvalue weighted by molar-refractivity contribution is -0.384. The Labute approximate surface area is 194 Å². The smallest absolute Gasteiger partial charge is 0.354 e. The van der Waals surface area contributed by atoms with Crippen LogP contribution in [-0.4, -0.2) is 49.6 Å². The largest absolute Gasteiger partial charge is 0.477 e. The summed E-state index contributed by atoms with van der Waals surface area (Å²) in [6, 6.07) is 15.7. The Kier molecular flexibility index (Phi) is 8.32. The number of rotatable bonds is 12. The lowest BCUT2D eigenvalue weighted by atomic mass is 10.0. The molecule has 1 aromatic carbocycles. The van der Waals surface area contributed by atoms with Crippen LogP contribution in [0.4, 0.5) is 5.69 Å². The molecule has 0 fully saturated rings. The standard InChI is InChI=1S/C23H23N5O6/c29-22(30)20-5-1-3-16(26-20)12-24-13-18(11-15-7-9-19(10-8-15)28(33)34)25-14-17-4-2-6-21(27-17)23(31)32/h1-10,18,24-25H,11-14H2,(H,29,30)(H,31,32). The number of nitro groups is 1. The number of carboxylic acids is 2. The Morgan fingerprint density at radius 3 is 1.97 bits per heavy atom. The number of benzene rings is 1. The summed E-state index contributed by atoms with van der Waals surface area (Å²) in [5.74, 6) is -2.21. The van der Waals surface area contributed by atoms with Gasteiger partial charge in [-0.2, -0.15) is 0 Å². The van der Waals surface area contributed by atoms with Crippen molar-refractivity contribution in [3.8, 4) is 0 Å². The molecular formula is C23H23N5O6. The Morgan fingerprint density at radius 2 is 1.44 bits per heavy atom. The molecule has 0 saturated carbocycles. The highest BCUT2D eigenvalue weighted by Crippen LogP contribution is 2.13. The summed E-state index contributed by atoms with van der Waals surface area (Å²) in [7, 11) is 0. The summed E-state index contributed by atoms with van der Waals surface area (Å²) in [6.45, 7) is 1.12. The quantitative estimate of drug-likeness (QED) is 0.230. The minimum atomic E-state index is -1.11. The molecule has 3 aromatic rings. The number of aromatic carboxylic acids is 2. The molecule has 0 amide bonds. The first kappa shape index (κ1) is 24.4. The van der Waals surface area contributed by atoms with Crippen molar-refractivity contribution in [2.24, 2.45) is 0 Å². The van der Waals surface area contributed by atoms with E-state index in [1.165, 1.54) is 24.3 Å². The zero-order valence-electron chi connectivity index (χ0n) is 18.0. The molecule has 2 aromatic heterocycles. The first-order valence-corrected chi connectivity index (χ1v) is 10.4. The van der Waals surface area contributed by atoms with Crippen LogP contribution in [0.1, 0.15) is 37.9 Å². The molecule has 0 aliphatic carbocycles. The van der Waals surface area contributed by atoms with Gasteiger partial charge in [0.05, 0.1) is 16.3 Å². The van der Waals surface area contributed by atoms with Gasteiger partial charge in [0.1, 0.15) is 11.4 Å². The summed E-state index contributed by atoms with van der Waals surface area (Å²) >= 11 is 0. The van der Waals surface area contributed by atoms with Crippen molar-refractivity contribution in [2.45, 2.75) is 25.6 Å². The minimum Gasteiger partial charge on any atom is -0.477 e. The number of carbonyl (C=O) groups is 2.